The van der Waals surface area contributed by atoms with Crippen molar-refractivity contribution in [1.29, 1.82) is 0 Å². The fourth-order valence-electron chi connectivity index (χ4n) is 4.13. The van der Waals surface area contributed by atoms with Crippen molar-refractivity contribution >= 4 is 22.8 Å². The molecule has 7 nitrogen and oxygen atoms in total. The predicted octanol–water partition coefficient (Wildman–Crippen LogP) is 2.51. The summed E-state index contributed by atoms with van der Waals surface area (Å²) in [6.45, 7) is 4.40. The maximum atomic E-state index is 13.0. The lowest BCUT2D eigenvalue weighted by Gasteiger charge is -2.33. The molecule has 0 radical (unpaired) electrons. The highest BCUT2D eigenvalue weighted by atomic mass is 35.5. The molecule has 0 saturated carbocycles. The number of rotatable bonds is 4. The Morgan fingerprint density at radius 2 is 1.79 bits per heavy atom. The Bertz CT molecular complexity index is 1160. The first-order chi connectivity index (χ1) is 13.9. The molecule has 1 fully saturated rings. The van der Waals surface area contributed by atoms with Crippen LogP contribution in [0, 0.1) is 0 Å². The maximum Gasteiger partial charge on any atom is 0.332 e. The Morgan fingerprint density at radius 1 is 1.07 bits per heavy atom. The van der Waals surface area contributed by atoms with Gasteiger partial charge in [0.05, 0.1) is 6.54 Å². The minimum atomic E-state index is -0.364. The lowest BCUT2D eigenvalue weighted by molar-refractivity contribution is 0.147. The van der Waals surface area contributed by atoms with Crippen molar-refractivity contribution in [2.24, 2.45) is 14.1 Å². The molecule has 0 N–H and O–H groups in total. The van der Waals surface area contributed by atoms with Gasteiger partial charge < -0.3 is 4.57 Å². The van der Waals surface area contributed by atoms with Gasteiger partial charge in [-0.25, -0.2) is 9.78 Å². The molecule has 1 saturated heterocycles. The first-order valence-electron chi connectivity index (χ1n) is 10.0. The van der Waals surface area contributed by atoms with Gasteiger partial charge in [0.25, 0.3) is 5.56 Å². The number of fused-ring (bicyclic) bond motifs is 1. The minimum Gasteiger partial charge on any atom is -0.317 e. The van der Waals surface area contributed by atoms with Crippen molar-refractivity contribution in [2.75, 3.05) is 6.54 Å². The minimum absolute atomic E-state index is 0.317. The Balaban J connectivity index is 1.87. The normalized spacial score (nSPS) is 17.9. The van der Waals surface area contributed by atoms with Crippen LogP contribution in [0.15, 0.2) is 33.9 Å². The molecule has 0 unspecified atom stereocenters. The van der Waals surface area contributed by atoms with Gasteiger partial charge >= 0.3 is 5.69 Å². The Labute approximate surface area is 174 Å². The Morgan fingerprint density at radius 3 is 2.48 bits per heavy atom. The average molecular weight is 416 g/mol. The summed E-state index contributed by atoms with van der Waals surface area (Å²) in [4.78, 5) is 32.6. The number of nitrogens with zero attached hydrogens (tertiary/aromatic N) is 5. The highest BCUT2D eigenvalue weighted by Crippen LogP contribution is 2.22. The van der Waals surface area contributed by atoms with E-state index in [2.05, 4.69) is 11.8 Å². The van der Waals surface area contributed by atoms with Gasteiger partial charge in [-0.15, -0.1) is 0 Å². The third kappa shape index (κ3) is 3.65. The zero-order chi connectivity index (χ0) is 20.7. The van der Waals surface area contributed by atoms with Gasteiger partial charge in [0, 0.05) is 31.7 Å². The summed E-state index contributed by atoms with van der Waals surface area (Å²) in [5.74, 6) is 0.807. The van der Waals surface area contributed by atoms with Gasteiger partial charge in [-0.3, -0.25) is 18.8 Å². The highest BCUT2D eigenvalue weighted by Gasteiger charge is 2.24. The van der Waals surface area contributed by atoms with E-state index in [9.17, 15) is 9.59 Å². The number of aryl methyl sites for hydroxylation is 1. The van der Waals surface area contributed by atoms with Crippen LogP contribution in [0.1, 0.15) is 37.6 Å². The van der Waals surface area contributed by atoms with Crippen molar-refractivity contribution in [1.82, 2.24) is 23.6 Å². The number of halogens is 1. The summed E-state index contributed by atoms with van der Waals surface area (Å²) >= 11 is 6.03. The SMILES string of the molecule is C[C@H]1CCCCN1Cc1nc2c(c(=O)n(C)c(=O)n2C)n1Cc1ccc(Cl)cc1. The van der Waals surface area contributed by atoms with Crippen molar-refractivity contribution in [2.45, 2.75) is 45.3 Å². The molecule has 0 spiro atoms. The molecule has 154 valence electrons. The van der Waals surface area contributed by atoms with E-state index in [4.69, 9.17) is 16.6 Å². The van der Waals surface area contributed by atoms with Gasteiger partial charge in [-0.2, -0.15) is 0 Å². The molecule has 1 atom stereocenters. The Kier molecular flexibility index (Phi) is 5.36. The van der Waals surface area contributed by atoms with Crippen molar-refractivity contribution in [3.05, 3.63) is 61.5 Å². The molecule has 0 amide bonds. The lowest BCUT2D eigenvalue weighted by atomic mass is 10.0. The van der Waals surface area contributed by atoms with Crippen LogP contribution in [0.25, 0.3) is 11.2 Å². The quantitative estimate of drug-likeness (QED) is 0.656. The smallest absolute Gasteiger partial charge is 0.317 e. The van der Waals surface area contributed by atoms with Gasteiger partial charge in [0.2, 0.25) is 0 Å². The van der Waals surface area contributed by atoms with E-state index in [1.165, 1.54) is 24.5 Å². The predicted molar refractivity (Wildman–Crippen MR) is 114 cm³/mol. The number of imidazole rings is 1. The van der Waals surface area contributed by atoms with Crippen LogP contribution < -0.4 is 11.2 Å². The van der Waals surface area contributed by atoms with E-state index in [1.54, 1.807) is 7.05 Å². The fraction of sp³-hybridized carbons (Fsp3) is 0.476. The molecule has 1 aliphatic rings. The average Bonchev–Trinajstić information content (AvgIpc) is 3.06. The summed E-state index contributed by atoms with van der Waals surface area (Å²) in [6.07, 6.45) is 3.58. The molecule has 0 bridgehead atoms. The maximum absolute atomic E-state index is 13.0. The zero-order valence-electron chi connectivity index (χ0n) is 17.1. The van der Waals surface area contributed by atoms with Gasteiger partial charge in [-0.1, -0.05) is 30.2 Å². The number of benzene rings is 1. The largest absolute Gasteiger partial charge is 0.332 e. The topological polar surface area (TPSA) is 65.1 Å². The van der Waals surface area contributed by atoms with E-state index in [1.807, 2.05) is 28.8 Å². The van der Waals surface area contributed by atoms with E-state index in [0.717, 1.165) is 28.9 Å². The molecule has 4 rings (SSSR count). The number of hydrogen-bond acceptors (Lipinski definition) is 4. The molecule has 3 heterocycles. The van der Waals surface area contributed by atoms with Crippen molar-refractivity contribution in [3.63, 3.8) is 0 Å². The van der Waals surface area contributed by atoms with Crippen molar-refractivity contribution < 1.29 is 0 Å². The van der Waals surface area contributed by atoms with Crippen LogP contribution in [-0.2, 0) is 27.2 Å². The van der Waals surface area contributed by atoms with E-state index in [-0.39, 0.29) is 11.2 Å². The summed E-state index contributed by atoms with van der Waals surface area (Å²) in [6, 6.07) is 8.06. The van der Waals surface area contributed by atoms with E-state index in [0.29, 0.717) is 35.3 Å². The first-order valence-corrected chi connectivity index (χ1v) is 10.4. The van der Waals surface area contributed by atoms with Crippen molar-refractivity contribution in [3.8, 4) is 0 Å². The summed E-state index contributed by atoms with van der Waals surface area (Å²) in [5.41, 5.74) is 1.24. The van der Waals surface area contributed by atoms with Gasteiger partial charge in [0.15, 0.2) is 11.2 Å². The zero-order valence-corrected chi connectivity index (χ0v) is 17.8. The molecule has 0 aliphatic carbocycles. The fourth-order valence-corrected chi connectivity index (χ4v) is 4.26. The first kappa shape index (κ1) is 19.9. The second-order valence-corrected chi connectivity index (χ2v) is 8.37. The highest BCUT2D eigenvalue weighted by molar-refractivity contribution is 6.30. The van der Waals surface area contributed by atoms with Crippen LogP contribution >= 0.6 is 11.6 Å². The van der Waals surface area contributed by atoms with Crippen LogP contribution in [0.3, 0.4) is 0 Å². The lowest BCUT2D eigenvalue weighted by Crippen LogP contribution is -2.38. The molecular weight excluding hydrogens is 390 g/mol. The molecule has 2 aromatic heterocycles. The van der Waals surface area contributed by atoms with Gasteiger partial charge in [0.1, 0.15) is 5.82 Å². The van der Waals surface area contributed by atoms with Gasteiger partial charge in [-0.05, 0) is 44.0 Å². The van der Waals surface area contributed by atoms with Crippen LogP contribution in [0.2, 0.25) is 5.02 Å². The Hall–Kier alpha value is -2.38. The number of likely N-dealkylation sites (tertiary alicyclic amines) is 1. The monoisotopic (exact) mass is 415 g/mol. The van der Waals surface area contributed by atoms with Crippen LogP contribution in [-0.4, -0.2) is 36.2 Å². The molecule has 1 aromatic carbocycles. The number of hydrogen-bond donors (Lipinski definition) is 0. The number of aromatic nitrogens is 4. The summed E-state index contributed by atoms with van der Waals surface area (Å²) in [5, 5.41) is 0.671. The molecule has 1 aliphatic heterocycles. The standard InChI is InChI=1S/C21H26ClN5O2/c1-14-6-4-5-11-26(14)13-17-23-19-18(20(28)25(3)21(29)24(19)2)27(17)12-15-7-9-16(22)10-8-15/h7-10,14H,4-6,11-13H2,1-3H3/t14-/m0/s1. The molecular formula is C21H26ClN5O2. The third-order valence-electron chi connectivity index (χ3n) is 5.97. The summed E-state index contributed by atoms with van der Waals surface area (Å²) in [7, 11) is 3.17. The second-order valence-electron chi connectivity index (χ2n) is 7.93. The third-order valence-corrected chi connectivity index (χ3v) is 6.22. The van der Waals surface area contributed by atoms with E-state index >= 15 is 0 Å². The van der Waals surface area contributed by atoms with Crippen LogP contribution in [0.4, 0.5) is 0 Å². The second kappa shape index (κ2) is 7.80. The van der Waals surface area contributed by atoms with E-state index < -0.39 is 0 Å². The molecule has 3 aromatic rings. The molecule has 29 heavy (non-hydrogen) atoms. The summed E-state index contributed by atoms with van der Waals surface area (Å²) < 4.78 is 4.57. The number of piperidine rings is 1. The molecule has 8 heteroatoms. The van der Waals surface area contributed by atoms with Crippen LogP contribution in [0.5, 0.6) is 0 Å².